The number of aromatic nitrogens is 1. The van der Waals surface area contributed by atoms with Crippen molar-refractivity contribution in [1.82, 2.24) is 4.98 Å². The second-order valence-corrected chi connectivity index (χ2v) is 7.69. The third-order valence-electron chi connectivity index (χ3n) is 5.77. The molecule has 1 aromatic heterocycles. The zero-order valence-corrected chi connectivity index (χ0v) is 16.8. The van der Waals surface area contributed by atoms with E-state index < -0.39 is 11.6 Å². The Morgan fingerprint density at radius 3 is 2.59 bits per heavy atom. The number of carbonyl (C=O) groups is 1. The van der Waals surface area contributed by atoms with Crippen molar-refractivity contribution in [3.63, 3.8) is 0 Å². The van der Waals surface area contributed by atoms with E-state index in [9.17, 15) is 13.6 Å². The van der Waals surface area contributed by atoms with E-state index in [1.165, 1.54) is 42.6 Å². The monoisotopic (exact) mass is 429 g/mol. The van der Waals surface area contributed by atoms with Crippen LogP contribution in [0.4, 0.5) is 14.5 Å². The van der Waals surface area contributed by atoms with Crippen LogP contribution in [0.25, 0.3) is 16.7 Å². The molecule has 3 heterocycles. The molecule has 5 nitrogen and oxygen atoms in total. The van der Waals surface area contributed by atoms with Gasteiger partial charge in [-0.3, -0.25) is 4.79 Å². The van der Waals surface area contributed by atoms with Crippen molar-refractivity contribution in [3.05, 3.63) is 89.3 Å². The van der Waals surface area contributed by atoms with Gasteiger partial charge in [-0.15, -0.1) is 0 Å². The normalized spacial score (nSPS) is 19.2. The molecule has 0 spiro atoms. The van der Waals surface area contributed by atoms with Crippen molar-refractivity contribution < 1.29 is 18.3 Å². The van der Waals surface area contributed by atoms with Crippen LogP contribution in [0, 0.1) is 23.0 Å². The van der Waals surface area contributed by atoms with E-state index >= 15 is 0 Å². The molecule has 32 heavy (non-hydrogen) atoms. The summed E-state index contributed by atoms with van der Waals surface area (Å²) in [5.74, 6) is -1.55. The van der Waals surface area contributed by atoms with Gasteiger partial charge in [0.1, 0.15) is 23.4 Å². The summed E-state index contributed by atoms with van der Waals surface area (Å²) in [6.07, 6.45) is 2.45. The molecular weight excluding hydrogens is 412 g/mol. The molecule has 0 radical (unpaired) electrons. The highest BCUT2D eigenvalue weighted by atomic mass is 19.1. The van der Waals surface area contributed by atoms with Gasteiger partial charge in [-0.2, -0.15) is 5.26 Å². The Balaban J connectivity index is 1.46. The number of pyridine rings is 1. The van der Waals surface area contributed by atoms with E-state index in [-0.39, 0.29) is 40.6 Å². The number of hydrogen-bond donors (Lipinski definition) is 1. The fourth-order valence-corrected chi connectivity index (χ4v) is 4.37. The standard InChI is InChI=1S/C25H17F2N3O2/c26-19-4-2-1-3-17(19)18-6-5-15(12-20(18)27)30-25(31)24-22-8-7-21(32-22)23(24)14-9-10-29-16(11-14)13-28/h1-6,9-12,21-22H,7-8H2,(H,30,31)/t21-,22-/m0/s1. The van der Waals surface area contributed by atoms with Crippen LogP contribution in [-0.2, 0) is 9.53 Å². The minimum Gasteiger partial charge on any atom is -0.365 e. The molecule has 2 aromatic carbocycles. The average Bonchev–Trinajstić information content (AvgIpc) is 3.42. The SMILES string of the molecule is N#Cc1cc(C2=C(C(=O)Nc3ccc(-c4ccccc4F)c(F)c3)[C@@H]3CC[C@@H]2O3)ccn1. The van der Waals surface area contributed by atoms with Crippen LogP contribution in [0.1, 0.15) is 24.1 Å². The third-order valence-corrected chi connectivity index (χ3v) is 5.77. The van der Waals surface area contributed by atoms with Gasteiger partial charge in [0.05, 0.1) is 17.8 Å². The van der Waals surface area contributed by atoms with Gasteiger partial charge < -0.3 is 10.1 Å². The number of ether oxygens (including phenoxy) is 1. The average molecular weight is 429 g/mol. The molecular formula is C25H17F2N3O2. The highest BCUT2D eigenvalue weighted by molar-refractivity contribution is 6.11. The van der Waals surface area contributed by atoms with E-state index in [4.69, 9.17) is 10.00 Å². The van der Waals surface area contributed by atoms with Crippen molar-refractivity contribution in [2.75, 3.05) is 5.32 Å². The first-order valence-corrected chi connectivity index (χ1v) is 10.2. The lowest BCUT2D eigenvalue weighted by Gasteiger charge is -2.17. The quantitative estimate of drug-likeness (QED) is 0.643. The van der Waals surface area contributed by atoms with Gasteiger partial charge in [0.25, 0.3) is 5.91 Å². The first-order chi connectivity index (χ1) is 15.5. The lowest BCUT2D eigenvalue weighted by Crippen LogP contribution is -2.23. The maximum absolute atomic E-state index is 14.7. The number of anilines is 1. The number of halogens is 2. The molecule has 1 N–H and O–H groups in total. The number of hydrogen-bond acceptors (Lipinski definition) is 4. The topological polar surface area (TPSA) is 75.0 Å². The smallest absolute Gasteiger partial charge is 0.254 e. The molecule has 1 fully saturated rings. The zero-order valence-electron chi connectivity index (χ0n) is 16.8. The Bertz CT molecular complexity index is 1310. The largest absolute Gasteiger partial charge is 0.365 e. The predicted molar refractivity (Wildman–Crippen MR) is 114 cm³/mol. The van der Waals surface area contributed by atoms with Crippen molar-refractivity contribution in [1.29, 1.82) is 5.26 Å². The number of carbonyl (C=O) groups excluding carboxylic acids is 1. The summed E-state index contributed by atoms with van der Waals surface area (Å²) >= 11 is 0. The van der Waals surface area contributed by atoms with Crippen LogP contribution >= 0.6 is 0 Å². The van der Waals surface area contributed by atoms with E-state index in [0.717, 1.165) is 17.6 Å². The molecule has 2 bridgehead atoms. The van der Waals surface area contributed by atoms with Crippen molar-refractivity contribution >= 4 is 17.2 Å². The Morgan fingerprint density at radius 1 is 1.03 bits per heavy atom. The molecule has 0 unspecified atom stereocenters. The minimum absolute atomic E-state index is 0.116. The minimum atomic E-state index is -0.640. The number of nitrogens with zero attached hydrogens (tertiary/aromatic N) is 2. The lowest BCUT2D eigenvalue weighted by molar-refractivity contribution is -0.113. The zero-order chi connectivity index (χ0) is 22.2. The molecule has 1 amide bonds. The molecule has 1 saturated heterocycles. The van der Waals surface area contributed by atoms with E-state index in [1.54, 1.807) is 18.2 Å². The summed E-state index contributed by atoms with van der Waals surface area (Å²) in [6.45, 7) is 0. The van der Waals surface area contributed by atoms with Gasteiger partial charge in [0, 0.05) is 23.0 Å². The van der Waals surface area contributed by atoms with Crippen LogP contribution in [0.2, 0.25) is 0 Å². The lowest BCUT2D eigenvalue weighted by atomic mass is 9.87. The summed E-state index contributed by atoms with van der Waals surface area (Å²) in [5.41, 5.74) is 2.72. The fourth-order valence-electron chi connectivity index (χ4n) is 4.37. The van der Waals surface area contributed by atoms with Gasteiger partial charge in [-0.1, -0.05) is 18.2 Å². The van der Waals surface area contributed by atoms with Crippen molar-refractivity contribution in [2.24, 2.45) is 0 Å². The Labute approximate surface area is 183 Å². The fraction of sp³-hybridized carbons (Fsp3) is 0.160. The Hall–Kier alpha value is -3.89. The number of benzene rings is 2. The number of nitrogens with one attached hydrogen (secondary N) is 1. The number of rotatable bonds is 4. The van der Waals surface area contributed by atoms with E-state index in [0.29, 0.717) is 12.0 Å². The molecule has 158 valence electrons. The molecule has 0 saturated carbocycles. The Morgan fingerprint density at radius 2 is 1.81 bits per heavy atom. The molecule has 2 aliphatic heterocycles. The van der Waals surface area contributed by atoms with Gasteiger partial charge in [-0.05, 0) is 60.4 Å². The summed E-state index contributed by atoms with van der Waals surface area (Å²) in [4.78, 5) is 17.1. The molecule has 7 heteroatoms. The maximum atomic E-state index is 14.7. The van der Waals surface area contributed by atoms with Gasteiger partial charge in [-0.25, -0.2) is 13.8 Å². The van der Waals surface area contributed by atoms with Gasteiger partial charge in [0.15, 0.2) is 0 Å². The molecule has 5 rings (SSSR count). The van der Waals surface area contributed by atoms with Crippen LogP contribution < -0.4 is 5.32 Å². The molecule has 2 aliphatic rings. The van der Waals surface area contributed by atoms with Crippen molar-refractivity contribution in [3.8, 4) is 17.2 Å². The number of amides is 1. The van der Waals surface area contributed by atoms with Crippen LogP contribution in [-0.4, -0.2) is 23.1 Å². The van der Waals surface area contributed by atoms with E-state index in [2.05, 4.69) is 10.3 Å². The third kappa shape index (κ3) is 3.45. The summed E-state index contributed by atoms with van der Waals surface area (Å²) in [7, 11) is 0. The van der Waals surface area contributed by atoms with Gasteiger partial charge >= 0.3 is 0 Å². The van der Waals surface area contributed by atoms with Crippen molar-refractivity contribution in [2.45, 2.75) is 25.0 Å². The second kappa shape index (κ2) is 7.98. The highest BCUT2D eigenvalue weighted by Gasteiger charge is 2.43. The Kier molecular flexibility index (Phi) is 5.00. The van der Waals surface area contributed by atoms with Crippen LogP contribution in [0.3, 0.4) is 0 Å². The number of nitriles is 1. The predicted octanol–water partition coefficient (Wildman–Crippen LogP) is 4.85. The maximum Gasteiger partial charge on any atom is 0.254 e. The molecule has 2 atom stereocenters. The first kappa shape index (κ1) is 20.0. The summed E-state index contributed by atoms with van der Waals surface area (Å²) < 4.78 is 34.7. The highest BCUT2D eigenvalue weighted by Crippen LogP contribution is 2.44. The molecule has 0 aliphatic carbocycles. The summed E-state index contributed by atoms with van der Waals surface area (Å²) in [6, 6.07) is 15.5. The van der Waals surface area contributed by atoms with Crippen LogP contribution in [0.15, 0.2) is 66.4 Å². The molecule has 3 aromatic rings. The van der Waals surface area contributed by atoms with Crippen LogP contribution in [0.5, 0.6) is 0 Å². The summed E-state index contributed by atoms with van der Waals surface area (Å²) in [5, 5.41) is 11.9. The number of fused-ring (bicyclic) bond motifs is 2. The first-order valence-electron chi connectivity index (χ1n) is 10.2. The van der Waals surface area contributed by atoms with E-state index in [1.807, 2.05) is 6.07 Å². The van der Waals surface area contributed by atoms with Gasteiger partial charge in [0.2, 0.25) is 0 Å². The second-order valence-electron chi connectivity index (χ2n) is 7.69.